The number of nitrogens with zero attached hydrogens (tertiary/aromatic N) is 1. The molecule has 2 aromatic carbocycles. The topological polar surface area (TPSA) is 37.2 Å². The van der Waals surface area contributed by atoms with E-state index in [0.717, 1.165) is 12.1 Å². The van der Waals surface area contributed by atoms with Gasteiger partial charge in [0.2, 0.25) is 0 Å². The number of aliphatic hydroxyl groups excluding tert-OH is 1. The first kappa shape index (κ1) is 18.1. The molecular weight excluding hydrogens is 332 g/mol. The smallest absolute Gasteiger partial charge is 0.0891 e. The largest absolute Gasteiger partial charge is 0.389 e. The van der Waals surface area contributed by atoms with E-state index in [9.17, 15) is 5.11 Å². The summed E-state index contributed by atoms with van der Waals surface area (Å²) in [5.74, 6) is 0. The summed E-state index contributed by atoms with van der Waals surface area (Å²) in [7, 11) is 0. The van der Waals surface area contributed by atoms with Crippen LogP contribution in [0.1, 0.15) is 40.8 Å². The van der Waals surface area contributed by atoms with Crippen LogP contribution < -0.4 is 5.32 Å². The molecule has 0 radical (unpaired) electrons. The van der Waals surface area contributed by atoms with E-state index in [1.165, 1.54) is 58.1 Å². The molecule has 0 saturated carbocycles. The summed E-state index contributed by atoms with van der Waals surface area (Å²) < 4.78 is 2.37. The molecule has 3 nitrogen and oxygen atoms in total. The van der Waals surface area contributed by atoms with Crippen LogP contribution in [0.15, 0.2) is 36.4 Å². The van der Waals surface area contributed by atoms with Gasteiger partial charge in [0.1, 0.15) is 0 Å². The van der Waals surface area contributed by atoms with Crippen molar-refractivity contribution in [3.05, 3.63) is 64.3 Å². The lowest BCUT2D eigenvalue weighted by atomic mass is 9.95. The summed E-state index contributed by atoms with van der Waals surface area (Å²) in [6.07, 6.45) is 4.39. The van der Waals surface area contributed by atoms with Gasteiger partial charge in [0.15, 0.2) is 0 Å². The summed E-state index contributed by atoms with van der Waals surface area (Å²) in [5, 5.41) is 15.6. The molecule has 142 valence electrons. The van der Waals surface area contributed by atoms with Gasteiger partial charge in [-0.15, -0.1) is 0 Å². The number of aryl methyl sites for hydroxylation is 4. The molecule has 1 aromatic heterocycles. The van der Waals surface area contributed by atoms with Crippen LogP contribution in [-0.4, -0.2) is 22.3 Å². The molecule has 0 amide bonds. The minimum atomic E-state index is -0.423. The Morgan fingerprint density at radius 2 is 1.74 bits per heavy atom. The van der Waals surface area contributed by atoms with Gasteiger partial charge in [-0.2, -0.15) is 0 Å². The number of benzene rings is 2. The molecule has 1 unspecified atom stereocenters. The number of hydrogen-bond acceptors (Lipinski definition) is 2. The Morgan fingerprint density at radius 3 is 2.56 bits per heavy atom. The summed E-state index contributed by atoms with van der Waals surface area (Å²) in [5.41, 5.74) is 9.13. The van der Waals surface area contributed by atoms with Gasteiger partial charge < -0.3 is 15.0 Å². The van der Waals surface area contributed by atoms with E-state index in [-0.39, 0.29) is 0 Å². The zero-order valence-electron chi connectivity index (χ0n) is 16.7. The van der Waals surface area contributed by atoms with Crippen molar-refractivity contribution in [2.24, 2.45) is 0 Å². The Bertz CT molecular complexity index is 970. The SMILES string of the molecule is Cc1ccc(NCC(O)Cn2c3c(c4cc(C)ccc42)CCCC3)c(C)c1. The zero-order chi connectivity index (χ0) is 19.0. The zero-order valence-corrected chi connectivity index (χ0v) is 16.7. The maximum Gasteiger partial charge on any atom is 0.0891 e. The van der Waals surface area contributed by atoms with Crippen LogP contribution >= 0.6 is 0 Å². The summed E-state index contributed by atoms with van der Waals surface area (Å²) >= 11 is 0. The Balaban J connectivity index is 1.56. The summed E-state index contributed by atoms with van der Waals surface area (Å²) in [6, 6.07) is 13.1. The lowest BCUT2D eigenvalue weighted by Crippen LogP contribution is -2.26. The average Bonchev–Trinajstić information content (AvgIpc) is 2.94. The number of anilines is 1. The van der Waals surface area contributed by atoms with E-state index in [2.05, 4.69) is 67.1 Å². The van der Waals surface area contributed by atoms with Crippen LogP contribution in [0.25, 0.3) is 10.9 Å². The number of rotatable bonds is 5. The third-order valence-electron chi connectivity index (χ3n) is 5.84. The van der Waals surface area contributed by atoms with Crippen molar-refractivity contribution in [2.75, 3.05) is 11.9 Å². The maximum absolute atomic E-state index is 10.8. The second-order valence-corrected chi connectivity index (χ2v) is 8.12. The lowest BCUT2D eigenvalue weighted by Gasteiger charge is -2.20. The Kier molecular flexibility index (Phi) is 4.96. The van der Waals surface area contributed by atoms with Crippen LogP contribution in [0.5, 0.6) is 0 Å². The normalized spacial score (nSPS) is 15.0. The van der Waals surface area contributed by atoms with Gasteiger partial charge in [-0.05, 0) is 75.8 Å². The lowest BCUT2D eigenvalue weighted by molar-refractivity contribution is 0.167. The van der Waals surface area contributed by atoms with Crippen LogP contribution in [0.3, 0.4) is 0 Å². The molecule has 3 aromatic rings. The number of nitrogens with one attached hydrogen (secondary N) is 1. The Morgan fingerprint density at radius 1 is 1.00 bits per heavy atom. The van der Waals surface area contributed by atoms with E-state index < -0.39 is 6.10 Å². The van der Waals surface area contributed by atoms with E-state index in [4.69, 9.17) is 0 Å². The monoisotopic (exact) mass is 362 g/mol. The molecule has 1 aliphatic rings. The second kappa shape index (κ2) is 7.40. The molecule has 27 heavy (non-hydrogen) atoms. The fraction of sp³-hybridized carbons (Fsp3) is 0.417. The van der Waals surface area contributed by atoms with Gasteiger partial charge in [0.05, 0.1) is 12.6 Å². The predicted octanol–water partition coefficient (Wildman–Crippen LogP) is 4.92. The van der Waals surface area contributed by atoms with Gasteiger partial charge in [-0.1, -0.05) is 29.3 Å². The first-order chi connectivity index (χ1) is 13.0. The Hall–Kier alpha value is -2.26. The number of aromatic nitrogens is 1. The van der Waals surface area contributed by atoms with Crippen LogP contribution in [0, 0.1) is 20.8 Å². The van der Waals surface area contributed by atoms with E-state index in [1.807, 2.05) is 0 Å². The van der Waals surface area contributed by atoms with Crippen molar-refractivity contribution >= 4 is 16.6 Å². The van der Waals surface area contributed by atoms with Crippen molar-refractivity contribution in [3.63, 3.8) is 0 Å². The molecular formula is C24H30N2O. The number of fused-ring (bicyclic) bond motifs is 3. The van der Waals surface area contributed by atoms with Crippen molar-refractivity contribution < 1.29 is 5.11 Å². The van der Waals surface area contributed by atoms with Crippen molar-refractivity contribution in [3.8, 4) is 0 Å². The Labute approximate surface area is 162 Å². The van der Waals surface area contributed by atoms with Gasteiger partial charge in [-0.3, -0.25) is 0 Å². The van der Waals surface area contributed by atoms with Crippen LogP contribution in [0.4, 0.5) is 5.69 Å². The second-order valence-electron chi connectivity index (χ2n) is 8.12. The van der Waals surface area contributed by atoms with Crippen molar-refractivity contribution in [1.29, 1.82) is 0 Å². The molecule has 4 rings (SSSR count). The average molecular weight is 363 g/mol. The summed E-state index contributed by atoms with van der Waals surface area (Å²) in [4.78, 5) is 0. The standard InChI is InChI=1S/C24H30N2O/c1-16-8-10-22(18(3)12-16)25-14-19(27)15-26-23-7-5-4-6-20(23)21-13-17(2)9-11-24(21)26/h8-13,19,25,27H,4-7,14-15H2,1-3H3. The third kappa shape index (κ3) is 3.61. The molecule has 0 bridgehead atoms. The molecule has 1 aliphatic carbocycles. The fourth-order valence-corrected chi connectivity index (χ4v) is 4.47. The van der Waals surface area contributed by atoms with Crippen molar-refractivity contribution in [1.82, 2.24) is 4.57 Å². The predicted molar refractivity (Wildman–Crippen MR) is 114 cm³/mol. The first-order valence-electron chi connectivity index (χ1n) is 10.1. The van der Waals surface area contributed by atoms with E-state index in [0.29, 0.717) is 13.1 Å². The van der Waals surface area contributed by atoms with Gasteiger partial charge in [-0.25, -0.2) is 0 Å². The number of aliphatic hydroxyl groups is 1. The highest BCUT2D eigenvalue weighted by Gasteiger charge is 2.21. The van der Waals surface area contributed by atoms with Crippen LogP contribution in [-0.2, 0) is 19.4 Å². The van der Waals surface area contributed by atoms with E-state index in [1.54, 1.807) is 0 Å². The van der Waals surface area contributed by atoms with Crippen molar-refractivity contribution in [2.45, 2.75) is 59.1 Å². The maximum atomic E-state index is 10.8. The highest BCUT2D eigenvalue weighted by atomic mass is 16.3. The quantitative estimate of drug-likeness (QED) is 0.676. The van der Waals surface area contributed by atoms with Gasteiger partial charge in [0.25, 0.3) is 0 Å². The number of hydrogen-bond donors (Lipinski definition) is 2. The van der Waals surface area contributed by atoms with E-state index >= 15 is 0 Å². The molecule has 1 atom stereocenters. The minimum absolute atomic E-state index is 0.423. The first-order valence-corrected chi connectivity index (χ1v) is 10.1. The minimum Gasteiger partial charge on any atom is -0.389 e. The molecule has 2 N–H and O–H groups in total. The molecule has 3 heteroatoms. The van der Waals surface area contributed by atoms with Gasteiger partial charge in [0, 0.05) is 28.8 Å². The molecule has 0 fully saturated rings. The summed E-state index contributed by atoms with van der Waals surface area (Å²) in [6.45, 7) is 7.58. The molecule has 0 aliphatic heterocycles. The highest BCUT2D eigenvalue weighted by Crippen LogP contribution is 2.33. The fourth-order valence-electron chi connectivity index (χ4n) is 4.47. The van der Waals surface area contributed by atoms with Crippen LogP contribution in [0.2, 0.25) is 0 Å². The molecule has 0 saturated heterocycles. The molecule has 1 heterocycles. The highest BCUT2D eigenvalue weighted by molar-refractivity contribution is 5.86. The van der Waals surface area contributed by atoms with Gasteiger partial charge >= 0.3 is 0 Å². The third-order valence-corrected chi connectivity index (χ3v) is 5.84. The molecule has 0 spiro atoms.